The lowest BCUT2D eigenvalue weighted by atomic mass is 10.3. The van der Waals surface area contributed by atoms with E-state index in [1.54, 1.807) is 11.8 Å². The SMILES string of the molecule is CCSc1ccccc1NCc1ccc(CSC)o1. The fraction of sp³-hybridized carbons (Fsp3) is 0.333. The van der Waals surface area contributed by atoms with Crippen LogP contribution >= 0.6 is 23.5 Å². The van der Waals surface area contributed by atoms with Gasteiger partial charge in [-0.25, -0.2) is 0 Å². The van der Waals surface area contributed by atoms with Gasteiger partial charge < -0.3 is 9.73 Å². The summed E-state index contributed by atoms with van der Waals surface area (Å²) < 4.78 is 5.76. The zero-order valence-corrected chi connectivity index (χ0v) is 12.9. The number of benzene rings is 1. The number of furan rings is 1. The summed E-state index contributed by atoms with van der Waals surface area (Å²) >= 11 is 3.63. The Balaban J connectivity index is 1.97. The number of thioether (sulfide) groups is 2. The molecule has 19 heavy (non-hydrogen) atoms. The summed E-state index contributed by atoms with van der Waals surface area (Å²) in [5.41, 5.74) is 1.18. The summed E-state index contributed by atoms with van der Waals surface area (Å²) in [5.74, 6) is 4.04. The molecule has 0 bridgehead atoms. The molecule has 0 unspecified atom stereocenters. The van der Waals surface area contributed by atoms with Crippen molar-refractivity contribution in [2.24, 2.45) is 0 Å². The molecule has 1 N–H and O–H groups in total. The van der Waals surface area contributed by atoms with Gasteiger partial charge in [0.1, 0.15) is 11.5 Å². The Hall–Kier alpha value is -1.00. The maximum Gasteiger partial charge on any atom is 0.123 e. The van der Waals surface area contributed by atoms with Gasteiger partial charge in [-0.15, -0.1) is 11.8 Å². The largest absolute Gasteiger partial charge is 0.463 e. The Bertz CT molecular complexity index is 510. The summed E-state index contributed by atoms with van der Waals surface area (Å²) in [6.07, 6.45) is 2.08. The lowest BCUT2D eigenvalue weighted by molar-refractivity contribution is 0.487. The molecule has 2 rings (SSSR count). The molecule has 1 aromatic carbocycles. The monoisotopic (exact) mass is 293 g/mol. The molecule has 2 nitrogen and oxygen atoms in total. The van der Waals surface area contributed by atoms with E-state index in [1.807, 2.05) is 17.8 Å². The first-order valence-electron chi connectivity index (χ1n) is 6.35. The topological polar surface area (TPSA) is 25.2 Å². The summed E-state index contributed by atoms with van der Waals surface area (Å²) in [6, 6.07) is 12.5. The van der Waals surface area contributed by atoms with E-state index in [0.717, 1.165) is 29.6 Å². The van der Waals surface area contributed by atoms with Gasteiger partial charge in [0.25, 0.3) is 0 Å². The second kappa shape index (κ2) is 7.56. The van der Waals surface area contributed by atoms with Crippen molar-refractivity contribution in [3.8, 4) is 0 Å². The van der Waals surface area contributed by atoms with E-state index in [9.17, 15) is 0 Å². The number of nitrogens with one attached hydrogen (secondary N) is 1. The molecule has 0 aliphatic rings. The summed E-state index contributed by atoms with van der Waals surface area (Å²) in [6.45, 7) is 2.90. The molecular formula is C15H19NOS2. The van der Waals surface area contributed by atoms with Crippen molar-refractivity contribution in [2.45, 2.75) is 24.1 Å². The Labute approximate surface area is 123 Å². The van der Waals surface area contributed by atoms with Gasteiger partial charge in [-0.3, -0.25) is 0 Å². The normalized spacial score (nSPS) is 10.6. The van der Waals surface area contributed by atoms with Gasteiger partial charge in [0.15, 0.2) is 0 Å². The van der Waals surface area contributed by atoms with E-state index in [4.69, 9.17) is 4.42 Å². The van der Waals surface area contributed by atoms with Crippen molar-refractivity contribution >= 4 is 29.2 Å². The first kappa shape index (κ1) is 14.4. The molecule has 0 amide bonds. The van der Waals surface area contributed by atoms with Gasteiger partial charge in [-0.1, -0.05) is 19.1 Å². The standard InChI is InChI=1S/C15H19NOS2/c1-3-19-15-7-5-4-6-14(15)16-10-12-8-9-13(17-12)11-18-2/h4-9,16H,3,10-11H2,1-2H3. The number of hydrogen-bond acceptors (Lipinski definition) is 4. The maximum absolute atomic E-state index is 5.76. The molecule has 1 aromatic heterocycles. The smallest absolute Gasteiger partial charge is 0.123 e. The minimum absolute atomic E-state index is 0.732. The number of anilines is 1. The molecule has 4 heteroatoms. The highest BCUT2D eigenvalue weighted by atomic mass is 32.2. The predicted octanol–water partition coefficient (Wildman–Crippen LogP) is 4.87. The van der Waals surface area contributed by atoms with Crippen molar-refractivity contribution < 1.29 is 4.42 Å². The lowest BCUT2D eigenvalue weighted by Crippen LogP contribution is -1.99. The molecule has 0 spiro atoms. The highest BCUT2D eigenvalue weighted by Crippen LogP contribution is 2.27. The molecule has 102 valence electrons. The molecule has 0 aliphatic carbocycles. The molecule has 2 aromatic rings. The number of para-hydroxylation sites is 1. The Morgan fingerprint density at radius 2 is 1.89 bits per heavy atom. The van der Waals surface area contributed by atoms with Gasteiger partial charge in [-0.2, -0.15) is 11.8 Å². The quantitative estimate of drug-likeness (QED) is 0.737. The van der Waals surface area contributed by atoms with Crippen LogP contribution in [0.2, 0.25) is 0 Å². The second-order valence-corrected chi connectivity index (χ2v) is 6.26. The third-order valence-electron chi connectivity index (χ3n) is 2.64. The van der Waals surface area contributed by atoms with Crippen molar-refractivity contribution in [2.75, 3.05) is 17.3 Å². The zero-order chi connectivity index (χ0) is 13.5. The second-order valence-electron chi connectivity index (χ2n) is 4.08. The highest BCUT2D eigenvalue weighted by molar-refractivity contribution is 7.99. The van der Waals surface area contributed by atoms with Crippen LogP contribution in [-0.2, 0) is 12.3 Å². The molecule has 0 saturated carbocycles. The van der Waals surface area contributed by atoms with Crippen molar-refractivity contribution in [3.63, 3.8) is 0 Å². The molecule has 0 saturated heterocycles. The molecule has 0 aliphatic heterocycles. The average Bonchev–Trinajstić information content (AvgIpc) is 2.86. The van der Waals surface area contributed by atoms with Crippen molar-refractivity contribution in [1.29, 1.82) is 0 Å². The van der Waals surface area contributed by atoms with E-state index in [0.29, 0.717) is 0 Å². The average molecular weight is 293 g/mol. The van der Waals surface area contributed by atoms with Crippen molar-refractivity contribution in [3.05, 3.63) is 47.9 Å². The van der Waals surface area contributed by atoms with Crippen LogP contribution in [0.25, 0.3) is 0 Å². The fourth-order valence-electron chi connectivity index (χ4n) is 1.81. The van der Waals surface area contributed by atoms with E-state index in [2.05, 4.69) is 48.8 Å². The Kier molecular flexibility index (Phi) is 5.73. The summed E-state index contributed by atoms with van der Waals surface area (Å²) in [4.78, 5) is 1.29. The van der Waals surface area contributed by atoms with Crippen LogP contribution in [0.5, 0.6) is 0 Å². The Morgan fingerprint density at radius 3 is 2.68 bits per heavy atom. The molecule has 0 fully saturated rings. The number of rotatable bonds is 7. The Morgan fingerprint density at radius 1 is 1.11 bits per heavy atom. The zero-order valence-electron chi connectivity index (χ0n) is 11.3. The summed E-state index contributed by atoms with van der Waals surface area (Å²) in [7, 11) is 0. The van der Waals surface area contributed by atoms with Gasteiger partial charge in [0.2, 0.25) is 0 Å². The van der Waals surface area contributed by atoms with Gasteiger partial charge in [0.05, 0.1) is 12.3 Å². The van der Waals surface area contributed by atoms with Gasteiger partial charge in [-0.05, 0) is 36.3 Å². The lowest BCUT2D eigenvalue weighted by Gasteiger charge is -2.09. The molecule has 1 heterocycles. The van der Waals surface area contributed by atoms with Crippen LogP contribution < -0.4 is 5.32 Å². The van der Waals surface area contributed by atoms with Gasteiger partial charge >= 0.3 is 0 Å². The summed E-state index contributed by atoms with van der Waals surface area (Å²) in [5, 5.41) is 3.45. The maximum atomic E-state index is 5.76. The van der Waals surface area contributed by atoms with E-state index in [-0.39, 0.29) is 0 Å². The first-order chi connectivity index (χ1) is 9.33. The van der Waals surface area contributed by atoms with Crippen LogP contribution in [0, 0.1) is 0 Å². The number of hydrogen-bond donors (Lipinski definition) is 1. The van der Waals surface area contributed by atoms with Crippen LogP contribution in [0.4, 0.5) is 5.69 Å². The third-order valence-corrected chi connectivity index (χ3v) is 4.17. The first-order valence-corrected chi connectivity index (χ1v) is 8.73. The third kappa shape index (κ3) is 4.25. The van der Waals surface area contributed by atoms with Crippen LogP contribution in [-0.4, -0.2) is 12.0 Å². The fourth-order valence-corrected chi connectivity index (χ4v) is 3.03. The van der Waals surface area contributed by atoms with Crippen LogP contribution in [0.15, 0.2) is 45.7 Å². The highest BCUT2D eigenvalue weighted by Gasteiger charge is 2.04. The minimum Gasteiger partial charge on any atom is -0.463 e. The van der Waals surface area contributed by atoms with E-state index >= 15 is 0 Å². The molecule has 0 atom stereocenters. The van der Waals surface area contributed by atoms with Crippen LogP contribution in [0.3, 0.4) is 0 Å². The van der Waals surface area contributed by atoms with Crippen LogP contribution in [0.1, 0.15) is 18.4 Å². The predicted molar refractivity (Wildman–Crippen MR) is 86.1 cm³/mol. The molecular weight excluding hydrogens is 274 g/mol. The minimum atomic E-state index is 0.732. The van der Waals surface area contributed by atoms with E-state index < -0.39 is 0 Å². The van der Waals surface area contributed by atoms with Crippen molar-refractivity contribution in [1.82, 2.24) is 0 Å². The van der Waals surface area contributed by atoms with Gasteiger partial charge in [0, 0.05) is 10.6 Å². The van der Waals surface area contributed by atoms with E-state index in [1.165, 1.54) is 10.6 Å². The molecule has 0 radical (unpaired) electrons.